The quantitative estimate of drug-likeness (QED) is 0.319. The summed E-state index contributed by atoms with van der Waals surface area (Å²) >= 11 is 0. The Labute approximate surface area is 180 Å². The maximum Gasteiger partial charge on any atom is 0.119 e. The zero-order chi connectivity index (χ0) is 20.8. The number of aromatic nitrogens is 2. The summed E-state index contributed by atoms with van der Waals surface area (Å²) in [6.07, 6.45) is 1.89. The van der Waals surface area contributed by atoms with Crippen molar-refractivity contribution in [3.8, 4) is 22.7 Å². The van der Waals surface area contributed by atoms with Crippen molar-refractivity contribution in [1.82, 2.24) is 9.55 Å². The van der Waals surface area contributed by atoms with Gasteiger partial charge in [0, 0.05) is 33.6 Å². The molecule has 0 bridgehead atoms. The van der Waals surface area contributed by atoms with Crippen molar-refractivity contribution in [3.05, 3.63) is 103 Å². The highest BCUT2D eigenvalue weighted by Gasteiger charge is 2.14. The molecule has 31 heavy (non-hydrogen) atoms. The van der Waals surface area contributed by atoms with Gasteiger partial charge in [0.05, 0.1) is 23.8 Å². The molecule has 3 heteroatoms. The number of hydrogen-bond donors (Lipinski definition) is 0. The summed E-state index contributed by atoms with van der Waals surface area (Å²) in [5.41, 5.74) is 5.62. The van der Waals surface area contributed by atoms with Crippen LogP contribution in [-0.4, -0.2) is 16.7 Å². The number of ether oxygens (including phenoxy) is 1. The van der Waals surface area contributed by atoms with Gasteiger partial charge in [0.2, 0.25) is 0 Å². The van der Waals surface area contributed by atoms with E-state index in [1.807, 2.05) is 18.3 Å². The molecule has 0 aliphatic rings. The molecule has 3 nitrogen and oxygen atoms in total. The Morgan fingerprint density at radius 3 is 2.26 bits per heavy atom. The van der Waals surface area contributed by atoms with Gasteiger partial charge in [-0.2, -0.15) is 0 Å². The number of rotatable bonds is 3. The molecular weight excluding hydrogens is 380 g/mol. The molecule has 4 aromatic carbocycles. The van der Waals surface area contributed by atoms with Crippen LogP contribution in [0.3, 0.4) is 0 Å². The third-order valence-corrected chi connectivity index (χ3v) is 5.95. The Balaban J connectivity index is 1.63. The van der Waals surface area contributed by atoms with Crippen LogP contribution >= 0.6 is 0 Å². The molecule has 0 aliphatic heterocycles. The zero-order valence-corrected chi connectivity index (χ0v) is 17.1. The molecule has 0 aliphatic carbocycles. The van der Waals surface area contributed by atoms with Gasteiger partial charge in [-0.15, -0.1) is 0 Å². The number of pyridine rings is 1. The van der Waals surface area contributed by atoms with E-state index < -0.39 is 0 Å². The van der Waals surface area contributed by atoms with Crippen molar-refractivity contribution in [2.24, 2.45) is 0 Å². The van der Waals surface area contributed by atoms with E-state index >= 15 is 0 Å². The molecule has 148 valence electrons. The highest BCUT2D eigenvalue weighted by atomic mass is 16.5. The van der Waals surface area contributed by atoms with Crippen molar-refractivity contribution in [2.45, 2.75) is 0 Å². The number of nitrogens with zero attached hydrogens (tertiary/aromatic N) is 2. The third-order valence-electron chi connectivity index (χ3n) is 5.95. The maximum atomic E-state index is 5.35. The Bertz CT molecular complexity index is 1560. The minimum atomic E-state index is 0.855. The van der Waals surface area contributed by atoms with Crippen molar-refractivity contribution < 1.29 is 4.74 Å². The fraction of sp³-hybridized carbons (Fsp3) is 0.0357. The first-order valence-electron chi connectivity index (χ1n) is 10.4. The normalized spacial score (nSPS) is 11.4. The third kappa shape index (κ3) is 2.78. The van der Waals surface area contributed by atoms with Crippen LogP contribution in [0.5, 0.6) is 5.75 Å². The fourth-order valence-corrected chi connectivity index (χ4v) is 4.48. The Hall–Kier alpha value is -4.11. The summed E-state index contributed by atoms with van der Waals surface area (Å²) in [7, 11) is 1.69. The van der Waals surface area contributed by atoms with Crippen LogP contribution in [0.2, 0.25) is 0 Å². The van der Waals surface area contributed by atoms with Crippen molar-refractivity contribution in [1.29, 1.82) is 0 Å². The molecule has 0 saturated heterocycles. The summed E-state index contributed by atoms with van der Waals surface area (Å²) in [5, 5.41) is 4.82. The summed E-state index contributed by atoms with van der Waals surface area (Å²) in [5.74, 6) is 0.855. The second-order valence-corrected chi connectivity index (χ2v) is 7.66. The first-order valence-corrected chi connectivity index (χ1v) is 10.4. The number of methoxy groups -OCH3 is 1. The highest BCUT2D eigenvalue weighted by molar-refractivity contribution is 6.11. The molecule has 0 fully saturated rings. The average Bonchev–Trinajstić information content (AvgIpc) is 3.17. The lowest BCUT2D eigenvalue weighted by Crippen LogP contribution is -1.94. The van der Waals surface area contributed by atoms with E-state index in [0.717, 1.165) is 22.7 Å². The summed E-state index contributed by atoms with van der Waals surface area (Å²) < 4.78 is 7.66. The van der Waals surface area contributed by atoms with E-state index in [0.29, 0.717) is 0 Å². The predicted molar refractivity (Wildman–Crippen MR) is 128 cm³/mol. The number of para-hydroxylation sites is 1. The van der Waals surface area contributed by atoms with Crippen LogP contribution in [0.4, 0.5) is 0 Å². The summed E-state index contributed by atoms with van der Waals surface area (Å²) in [6.45, 7) is 0. The van der Waals surface area contributed by atoms with E-state index in [9.17, 15) is 0 Å². The second-order valence-electron chi connectivity index (χ2n) is 7.66. The van der Waals surface area contributed by atoms with E-state index in [4.69, 9.17) is 9.72 Å². The molecule has 0 radical (unpaired) electrons. The molecule has 0 N–H and O–H groups in total. The molecule has 6 rings (SSSR count). The molecular formula is C28H20N2O. The van der Waals surface area contributed by atoms with Crippen LogP contribution in [0.15, 0.2) is 103 Å². The van der Waals surface area contributed by atoms with Crippen molar-refractivity contribution in [3.63, 3.8) is 0 Å². The Kier molecular flexibility index (Phi) is 4.00. The smallest absolute Gasteiger partial charge is 0.119 e. The van der Waals surface area contributed by atoms with Gasteiger partial charge in [-0.1, -0.05) is 48.5 Å². The van der Waals surface area contributed by atoms with Crippen LogP contribution in [0, 0.1) is 0 Å². The van der Waals surface area contributed by atoms with Crippen LogP contribution in [-0.2, 0) is 0 Å². The standard InChI is InChI=1S/C28H20N2O/c1-31-22-13-11-21(12-14-22)30-26-9-5-4-8-24(26)25-18-20(10-15-27(25)30)28-23-7-3-2-6-19(23)16-17-29-28/h2-18H,1H3. The number of hydrogen-bond acceptors (Lipinski definition) is 2. The maximum absolute atomic E-state index is 5.35. The second kappa shape index (κ2) is 6.99. The topological polar surface area (TPSA) is 27.1 Å². The van der Waals surface area contributed by atoms with E-state index in [1.165, 1.54) is 32.6 Å². The van der Waals surface area contributed by atoms with Crippen molar-refractivity contribution in [2.75, 3.05) is 7.11 Å². The monoisotopic (exact) mass is 400 g/mol. The minimum absolute atomic E-state index is 0.855. The molecule has 0 saturated carbocycles. The lowest BCUT2D eigenvalue weighted by Gasteiger charge is -2.10. The summed E-state index contributed by atoms with van der Waals surface area (Å²) in [4.78, 5) is 4.73. The van der Waals surface area contributed by atoms with E-state index in [2.05, 4.69) is 89.5 Å². The first-order chi connectivity index (χ1) is 15.3. The Morgan fingerprint density at radius 1 is 0.677 bits per heavy atom. The zero-order valence-electron chi connectivity index (χ0n) is 17.1. The molecule has 2 aromatic heterocycles. The molecule has 0 unspecified atom stereocenters. The van der Waals surface area contributed by atoms with Crippen LogP contribution in [0.25, 0.3) is 49.5 Å². The van der Waals surface area contributed by atoms with Gasteiger partial charge < -0.3 is 9.30 Å². The van der Waals surface area contributed by atoms with Gasteiger partial charge in [-0.25, -0.2) is 0 Å². The minimum Gasteiger partial charge on any atom is -0.497 e. The van der Waals surface area contributed by atoms with Gasteiger partial charge in [0.1, 0.15) is 5.75 Å². The van der Waals surface area contributed by atoms with Gasteiger partial charge >= 0.3 is 0 Å². The largest absolute Gasteiger partial charge is 0.497 e. The van der Waals surface area contributed by atoms with Gasteiger partial charge in [-0.05, 0) is 53.9 Å². The lowest BCUT2D eigenvalue weighted by atomic mass is 10.0. The first kappa shape index (κ1) is 17.7. The van der Waals surface area contributed by atoms with Gasteiger partial charge in [0.15, 0.2) is 0 Å². The van der Waals surface area contributed by atoms with Crippen LogP contribution in [0.1, 0.15) is 0 Å². The number of fused-ring (bicyclic) bond motifs is 4. The average molecular weight is 400 g/mol. The molecule has 2 heterocycles. The molecule has 0 amide bonds. The molecule has 6 aromatic rings. The van der Waals surface area contributed by atoms with Crippen LogP contribution < -0.4 is 4.74 Å². The van der Waals surface area contributed by atoms with Gasteiger partial charge in [0.25, 0.3) is 0 Å². The van der Waals surface area contributed by atoms with Crippen molar-refractivity contribution >= 4 is 32.6 Å². The SMILES string of the molecule is COc1ccc(-n2c3ccccc3c3cc(-c4nccc5ccccc45)ccc32)cc1. The summed E-state index contributed by atoms with van der Waals surface area (Å²) in [6, 6.07) is 33.9. The predicted octanol–water partition coefficient (Wildman–Crippen LogP) is 7.01. The fourth-order valence-electron chi connectivity index (χ4n) is 4.48. The van der Waals surface area contributed by atoms with E-state index in [1.54, 1.807) is 7.11 Å². The number of benzene rings is 4. The molecule has 0 atom stereocenters. The molecule has 0 spiro atoms. The van der Waals surface area contributed by atoms with E-state index in [-0.39, 0.29) is 0 Å². The Morgan fingerprint density at radius 2 is 1.42 bits per heavy atom. The van der Waals surface area contributed by atoms with Gasteiger partial charge in [-0.3, -0.25) is 4.98 Å². The lowest BCUT2D eigenvalue weighted by molar-refractivity contribution is 0.415. The highest BCUT2D eigenvalue weighted by Crippen LogP contribution is 2.36.